The van der Waals surface area contributed by atoms with E-state index in [4.69, 9.17) is 0 Å². The Labute approximate surface area is 163 Å². The van der Waals surface area contributed by atoms with Gasteiger partial charge in [0.2, 0.25) is 0 Å². The maximum absolute atomic E-state index is 12.8. The number of carbonyl (C=O) groups excluding carboxylic acids is 1. The number of para-hydroxylation sites is 1. The van der Waals surface area contributed by atoms with Crippen molar-refractivity contribution in [1.29, 1.82) is 0 Å². The van der Waals surface area contributed by atoms with E-state index in [9.17, 15) is 4.79 Å². The maximum atomic E-state index is 12.8. The standard InChI is InChI=1S/C20H23N5OS/c1-15(2)23-8-10-24(11-9-23)20(26)18-14-27-19(22-18)16-12-21-25(13-16)17-6-4-3-5-7-17/h3-7,12-15H,8-11H2,1-2H3. The van der Waals surface area contributed by atoms with Crippen molar-refractivity contribution in [3.8, 4) is 16.3 Å². The number of nitrogens with zero attached hydrogens (tertiary/aromatic N) is 5. The number of hydrogen-bond acceptors (Lipinski definition) is 5. The molecule has 140 valence electrons. The van der Waals surface area contributed by atoms with Gasteiger partial charge in [-0.2, -0.15) is 5.10 Å². The molecular formula is C20H23N5OS. The molecule has 6 nitrogen and oxygen atoms in total. The van der Waals surface area contributed by atoms with Gasteiger partial charge in [0.1, 0.15) is 10.7 Å². The Morgan fingerprint density at radius 1 is 1.11 bits per heavy atom. The molecule has 1 amide bonds. The van der Waals surface area contributed by atoms with Crippen LogP contribution in [0.15, 0.2) is 48.1 Å². The molecular weight excluding hydrogens is 358 g/mol. The Hall–Kier alpha value is -2.51. The molecule has 7 heteroatoms. The van der Waals surface area contributed by atoms with Crippen molar-refractivity contribution in [2.45, 2.75) is 19.9 Å². The van der Waals surface area contributed by atoms with Gasteiger partial charge >= 0.3 is 0 Å². The van der Waals surface area contributed by atoms with E-state index in [2.05, 4.69) is 28.8 Å². The van der Waals surface area contributed by atoms with Gasteiger partial charge in [0.15, 0.2) is 0 Å². The van der Waals surface area contributed by atoms with E-state index in [0.29, 0.717) is 11.7 Å². The van der Waals surface area contributed by atoms with Crippen molar-refractivity contribution < 1.29 is 4.79 Å². The van der Waals surface area contributed by atoms with E-state index in [1.54, 1.807) is 6.20 Å². The highest BCUT2D eigenvalue weighted by molar-refractivity contribution is 7.13. The number of carbonyl (C=O) groups is 1. The van der Waals surface area contributed by atoms with Crippen molar-refractivity contribution in [2.75, 3.05) is 26.2 Å². The van der Waals surface area contributed by atoms with Gasteiger partial charge in [0, 0.05) is 49.4 Å². The van der Waals surface area contributed by atoms with E-state index in [1.165, 1.54) is 11.3 Å². The summed E-state index contributed by atoms with van der Waals surface area (Å²) in [5.41, 5.74) is 2.45. The van der Waals surface area contributed by atoms with Crippen LogP contribution in [0.2, 0.25) is 0 Å². The van der Waals surface area contributed by atoms with Crippen LogP contribution in [0.3, 0.4) is 0 Å². The van der Waals surface area contributed by atoms with Crippen LogP contribution in [-0.2, 0) is 0 Å². The number of thiazole rings is 1. The van der Waals surface area contributed by atoms with Crippen molar-refractivity contribution in [2.24, 2.45) is 0 Å². The molecule has 3 heterocycles. The van der Waals surface area contributed by atoms with Gasteiger partial charge in [0.05, 0.1) is 11.9 Å². The summed E-state index contributed by atoms with van der Waals surface area (Å²) < 4.78 is 1.82. The molecule has 0 bridgehead atoms. The topological polar surface area (TPSA) is 54.3 Å². The predicted octanol–water partition coefficient (Wildman–Crippen LogP) is 3.16. The first kappa shape index (κ1) is 17.9. The summed E-state index contributed by atoms with van der Waals surface area (Å²) in [6.45, 7) is 7.75. The fraction of sp³-hybridized carbons (Fsp3) is 0.350. The summed E-state index contributed by atoms with van der Waals surface area (Å²) in [5.74, 6) is 0.0244. The summed E-state index contributed by atoms with van der Waals surface area (Å²) >= 11 is 1.49. The molecule has 2 aromatic heterocycles. The molecule has 4 rings (SSSR count). The zero-order chi connectivity index (χ0) is 18.8. The molecule has 0 atom stereocenters. The quantitative estimate of drug-likeness (QED) is 0.697. The average Bonchev–Trinajstić information content (AvgIpc) is 3.38. The molecule has 1 saturated heterocycles. The SMILES string of the molecule is CC(C)N1CCN(C(=O)c2csc(-c3cnn(-c4ccccc4)c3)n2)CC1. The van der Waals surface area contributed by atoms with Gasteiger partial charge in [0.25, 0.3) is 5.91 Å². The Morgan fingerprint density at radius 2 is 1.85 bits per heavy atom. The van der Waals surface area contributed by atoms with Crippen molar-refractivity contribution in [3.05, 3.63) is 53.8 Å². The van der Waals surface area contributed by atoms with Gasteiger partial charge in [-0.25, -0.2) is 9.67 Å². The summed E-state index contributed by atoms with van der Waals surface area (Å²) in [6, 6.07) is 10.5. The fourth-order valence-corrected chi connectivity index (χ4v) is 4.03. The second-order valence-corrected chi connectivity index (χ2v) is 7.83. The first-order chi connectivity index (χ1) is 13.1. The predicted molar refractivity (Wildman–Crippen MR) is 107 cm³/mol. The largest absolute Gasteiger partial charge is 0.335 e. The number of amides is 1. The molecule has 1 aliphatic heterocycles. The fourth-order valence-electron chi connectivity index (χ4n) is 3.26. The minimum atomic E-state index is 0.0244. The van der Waals surface area contributed by atoms with Crippen LogP contribution >= 0.6 is 11.3 Å². The summed E-state index contributed by atoms with van der Waals surface area (Å²) in [5, 5.41) is 7.09. The van der Waals surface area contributed by atoms with Gasteiger partial charge < -0.3 is 4.90 Å². The third-order valence-corrected chi connectivity index (χ3v) is 5.80. The Balaban J connectivity index is 1.46. The highest BCUT2D eigenvalue weighted by atomic mass is 32.1. The van der Waals surface area contributed by atoms with E-state index in [1.807, 2.05) is 51.5 Å². The molecule has 1 fully saturated rings. The van der Waals surface area contributed by atoms with Gasteiger partial charge in [-0.3, -0.25) is 9.69 Å². The number of rotatable bonds is 4. The molecule has 0 spiro atoms. The van der Waals surface area contributed by atoms with Crippen LogP contribution in [0, 0.1) is 0 Å². The van der Waals surface area contributed by atoms with Crippen LogP contribution in [-0.4, -0.2) is 62.7 Å². The minimum Gasteiger partial charge on any atom is -0.335 e. The van der Waals surface area contributed by atoms with Gasteiger partial charge in [-0.15, -0.1) is 11.3 Å². The van der Waals surface area contributed by atoms with E-state index in [0.717, 1.165) is 42.4 Å². The third kappa shape index (κ3) is 3.79. The van der Waals surface area contributed by atoms with Gasteiger partial charge in [-0.05, 0) is 26.0 Å². The first-order valence-electron chi connectivity index (χ1n) is 9.21. The monoisotopic (exact) mass is 381 g/mol. The van der Waals surface area contributed by atoms with Crippen molar-refractivity contribution in [1.82, 2.24) is 24.6 Å². The number of benzene rings is 1. The van der Waals surface area contributed by atoms with Crippen molar-refractivity contribution >= 4 is 17.2 Å². The van der Waals surface area contributed by atoms with Crippen LogP contribution in [0.1, 0.15) is 24.3 Å². The lowest BCUT2D eigenvalue weighted by atomic mass is 10.2. The molecule has 0 radical (unpaired) electrons. The van der Waals surface area contributed by atoms with Crippen LogP contribution in [0.5, 0.6) is 0 Å². The van der Waals surface area contributed by atoms with Crippen molar-refractivity contribution in [3.63, 3.8) is 0 Å². The van der Waals surface area contributed by atoms with Crippen LogP contribution in [0.4, 0.5) is 0 Å². The lowest BCUT2D eigenvalue weighted by Gasteiger charge is -2.36. The number of hydrogen-bond donors (Lipinski definition) is 0. The minimum absolute atomic E-state index is 0.0244. The molecule has 27 heavy (non-hydrogen) atoms. The van der Waals surface area contributed by atoms with E-state index < -0.39 is 0 Å². The van der Waals surface area contributed by atoms with E-state index in [-0.39, 0.29) is 5.91 Å². The highest BCUT2D eigenvalue weighted by Crippen LogP contribution is 2.25. The lowest BCUT2D eigenvalue weighted by molar-refractivity contribution is 0.0591. The summed E-state index contributed by atoms with van der Waals surface area (Å²) in [7, 11) is 0. The van der Waals surface area contributed by atoms with E-state index >= 15 is 0 Å². The molecule has 0 unspecified atom stereocenters. The maximum Gasteiger partial charge on any atom is 0.273 e. The number of piperazine rings is 1. The number of aromatic nitrogens is 3. The molecule has 0 saturated carbocycles. The highest BCUT2D eigenvalue weighted by Gasteiger charge is 2.25. The summed E-state index contributed by atoms with van der Waals surface area (Å²) in [4.78, 5) is 21.7. The van der Waals surface area contributed by atoms with Gasteiger partial charge in [-0.1, -0.05) is 18.2 Å². The second kappa shape index (κ2) is 7.62. The summed E-state index contributed by atoms with van der Waals surface area (Å²) in [6.07, 6.45) is 3.74. The zero-order valence-corrected chi connectivity index (χ0v) is 16.4. The molecule has 1 aliphatic rings. The third-order valence-electron chi connectivity index (χ3n) is 4.91. The molecule has 0 aliphatic carbocycles. The normalized spacial score (nSPS) is 15.4. The average molecular weight is 382 g/mol. The smallest absolute Gasteiger partial charge is 0.273 e. The lowest BCUT2D eigenvalue weighted by Crippen LogP contribution is -2.50. The van der Waals surface area contributed by atoms with Crippen LogP contribution in [0.25, 0.3) is 16.3 Å². The Bertz CT molecular complexity index is 909. The second-order valence-electron chi connectivity index (χ2n) is 6.97. The first-order valence-corrected chi connectivity index (χ1v) is 10.1. The zero-order valence-electron chi connectivity index (χ0n) is 15.6. The molecule has 3 aromatic rings. The molecule has 1 aromatic carbocycles. The Morgan fingerprint density at radius 3 is 2.56 bits per heavy atom. The van der Waals surface area contributed by atoms with Crippen LogP contribution < -0.4 is 0 Å². The molecule has 0 N–H and O–H groups in total. The Kier molecular flexibility index (Phi) is 5.05.